The topological polar surface area (TPSA) is 78.4 Å². The van der Waals surface area contributed by atoms with E-state index in [1.165, 1.54) is 0 Å². The fourth-order valence-electron chi connectivity index (χ4n) is 1.75. The van der Waals surface area contributed by atoms with Crippen molar-refractivity contribution in [2.45, 2.75) is 57.5 Å². The van der Waals surface area contributed by atoms with Crippen LogP contribution < -0.4 is 10.6 Å². The number of carboxylic acids is 1. The van der Waals surface area contributed by atoms with Crippen LogP contribution in [0, 0.1) is 0 Å². The maximum absolute atomic E-state index is 11.6. The van der Waals surface area contributed by atoms with E-state index in [9.17, 15) is 9.59 Å². The molecule has 0 aromatic heterocycles. The quantitative estimate of drug-likeness (QED) is 0.667. The van der Waals surface area contributed by atoms with Gasteiger partial charge in [0.1, 0.15) is 5.54 Å². The Morgan fingerprint density at radius 3 is 2.44 bits per heavy atom. The smallest absolute Gasteiger partial charge is 0.329 e. The summed E-state index contributed by atoms with van der Waals surface area (Å²) in [6.45, 7) is 3.44. The molecule has 0 aromatic carbocycles. The number of hydrogen-bond donors (Lipinski definition) is 3. The van der Waals surface area contributed by atoms with Crippen LogP contribution in [0.15, 0.2) is 0 Å². The highest BCUT2D eigenvalue weighted by atomic mass is 16.4. The third kappa shape index (κ3) is 3.12. The molecule has 16 heavy (non-hydrogen) atoms. The molecule has 1 aliphatic carbocycles. The molecule has 1 saturated carbocycles. The number of aliphatic carboxylic acids is 1. The third-order valence-electron chi connectivity index (χ3n) is 3.05. The van der Waals surface area contributed by atoms with Crippen molar-refractivity contribution in [1.82, 2.24) is 10.6 Å². The normalized spacial score (nSPS) is 19.4. The maximum Gasteiger partial charge on any atom is 0.329 e. The van der Waals surface area contributed by atoms with Crippen molar-refractivity contribution in [1.29, 1.82) is 0 Å². The molecule has 0 spiro atoms. The van der Waals surface area contributed by atoms with Crippen LogP contribution in [0.4, 0.5) is 4.79 Å². The van der Waals surface area contributed by atoms with E-state index in [2.05, 4.69) is 10.6 Å². The lowest BCUT2D eigenvalue weighted by atomic mass is 9.93. The van der Waals surface area contributed by atoms with Crippen LogP contribution in [0.25, 0.3) is 0 Å². The van der Waals surface area contributed by atoms with E-state index >= 15 is 0 Å². The summed E-state index contributed by atoms with van der Waals surface area (Å²) in [5.74, 6) is -0.988. The lowest BCUT2D eigenvalue weighted by molar-refractivity contribution is -0.144. The zero-order valence-corrected chi connectivity index (χ0v) is 9.88. The standard InChI is InChI=1S/C11H20N2O3/c1-3-7-11(2,9(14)15)13-10(16)12-8-5-4-6-8/h8H,3-7H2,1-2H3,(H,14,15)(H2,12,13,16). The number of hydrogen-bond acceptors (Lipinski definition) is 2. The maximum atomic E-state index is 11.6. The van der Waals surface area contributed by atoms with Gasteiger partial charge in [-0.15, -0.1) is 0 Å². The molecule has 0 bridgehead atoms. The number of carbonyl (C=O) groups is 2. The van der Waals surface area contributed by atoms with Crippen molar-refractivity contribution in [3.05, 3.63) is 0 Å². The van der Waals surface area contributed by atoms with Crippen molar-refractivity contribution in [3.63, 3.8) is 0 Å². The fraction of sp³-hybridized carbons (Fsp3) is 0.818. The van der Waals surface area contributed by atoms with Gasteiger partial charge in [-0.3, -0.25) is 0 Å². The second kappa shape index (κ2) is 5.18. The largest absolute Gasteiger partial charge is 0.480 e. The Labute approximate surface area is 95.6 Å². The molecule has 3 N–H and O–H groups in total. The van der Waals surface area contributed by atoms with Gasteiger partial charge < -0.3 is 15.7 Å². The average molecular weight is 228 g/mol. The molecule has 1 rings (SSSR count). The summed E-state index contributed by atoms with van der Waals surface area (Å²) in [6, 6.07) is -0.150. The highest BCUT2D eigenvalue weighted by Crippen LogP contribution is 2.18. The van der Waals surface area contributed by atoms with Gasteiger partial charge in [0.05, 0.1) is 0 Å². The lowest BCUT2D eigenvalue weighted by Gasteiger charge is -2.30. The number of carboxylic acid groups (broad SMARTS) is 1. The summed E-state index contributed by atoms with van der Waals surface area (Å²) < 4.78 is 0. The van der Waals surface area contributed by atoms with Gasteiger partial charge in [0.25, 0.3) is 0 Å². The highest BCUT2D eigenvalue weighted by Gasteiger charge is 2.34. The van der Waals surface area contributed by atoms with Crippen LogP contribution in [0.1, 0.15) is 46.0 Å². The summed E-state index contributed by atoms with van der Waals surface area (Å²) in [5.41, 5.74) is -1.16. The molecule has 0 saturated heterocycles. The van der Waals surface area contributed by atoms with Crippen LogP contribution in [0.2, 0.25) is 0 Å². The predicted octanol–water partition coefficient (Wildman–Crippen LogP) is 1.48. The highest BCUT2D eigenvalue weighted by molar-refractivity contribution is 5.85. The zero-order chi connectivity index (χ0) is 12.2. The third-order valence-corrected chi connectivity index (χ3v) is 3.05. The van der Waals surface area contributed by atoms with E-state index < -0.39 is 11.5 Å². The molecule has 1 atom stereocenters. The van der Waals surface area contributed by atoms with E-state index in [1.807, 2.05) is 6.92 Å². The molecule has 5 nitrogen and oxygen atoms in total. The first-order valence-corrected chi connectivity index (χ1v) is 5.80. The minimum Gasteiger partial charge on any atom is -0.480 e. The molecule has 0 heterocycles. The summed E-state index contributed by atoms with van der Waals surface area (Å²) in [6.07, 6.45) is 4.26. The first-order valence-electron chi connectivity index (χ1n) is 5.80. The van der Waals surface area contributed by atoms with Crippen LogP contribution in [0.3, 0.4) is 0 Å². The minimum atomic E-state index is -1.16. The van der Waals surface area contributed by atoms with Gasteiger partial charge in [-0.05, 0) is 32.6 Å². The van der Waals surface area contributed by atoms with Crippen molar-refractivity contribution < 1.29 is 14.7 Å². The second-order valence-corrected chi connectivity index (χ2v) is 4.61. The first-order chi connectivity index (χ1) is 7.48. The van der Waals surface area contributed by atoms with Crippen molar-refractivity contribution in [3.8, 4) is 0 Å². The summed E-state index contributed by atoms with van der Waals surface area (Å²) in [4.78, 5) is 22.6. The number of rotatable bonds is 5. The molecule has 2 amide bonds. The molecule has 5 heteroatoms. The summed E-state index contributed by atoms with van der Waals surface area (Å²) in [5, 5.41) is 14.4. The molecule has 0 radical (unpaired) electrons. The number of nitrogens with one attached hydrogen (secondary N) is 2. The molecule has 92 valence electrons. The van der Waals surface area contributed by atoms with Crippen LogP contribution in [-0.2, 0) is 4.79 Å². The van der Waals surface area contributed by atoms with Gasteiger partial charge in [0.2, 0.25) is 0 Å². The van der Waals surface area contributed by atoms with Gasteiger partial charge >= 0.3 is 12.0 Å². The Morgan fingerprint density at radius 2 is 2.06 bits per heavy atom. The molecule has 0 aliphatic heterocycles. The Kier molecular flexibility index (Phi) is 4.15. The Bertz CT molecular complexity index is 276. The monoisotopic (exact) mass is 228 g/mol. The van der Waals surface area contributed by atoms with Gasteiger partial charge in [0.15, 0.2) is 0 Å². The van der Waals surface area contributed by atoms with E-state index in [1.54, 1.807) is 6.92 Å². The molecule has 1 fully saturated rings. The Morgan fingerprint density at radius 1 is 1.44 bits per heavy atom. The van der Waals surface area contributed by atoms with E-state index in [4.69, 9.17) is 5.11 Å². The van der Waals surface area contributed by atoms with Crippen molar-refractivity contribution >= 4 is 12.0 Å². The fourth-order valence-corrected chi connectivity index (χ4v) is 1.75. The average Bonchev–Trinajstić information content (AvgIpc) is 2.11. The molecule has 1 aliphatic rings. The number of amides is 2. The van der Waals surface area contributed by atoms with Crippen LogP contribution in [0.5, 0.6) is 0 Å². The SMILES string of the molecule is CCCC(C)(NC(=O)NC1CCC1)C(=O)O. The molecule has 1 unspecified atom stereocenters. The molecular formula is C11H20N2O3. The predicted molar refractivity (Wildman–Crippen MR) is 60.3 cm³/mol. The number of urea groups is 1. The zero-order valence-electron chi connectivity index (χ0n) is 9.88. The van der Waals surface area contributed by atoms with E-state index in [0.29, 0.717) is 12.8 Å². The lowest BCUT2D eigenvalue weighted by Crippen LogP contribution is -2.57. The van der Waals surface area contributed by atoms with Gasteiger partial charge in [-0.25, -0.2) is 9.59 Å². The molecule has 0 aromatic rings. The molecular weight excluding hydrogens is 208 g/mol. The summed E-state index contributed by atoms with van der Waals surface area (Å²) in [7, 11) is 0. The van der Waals surface area contributed by atoms with Crippen molar-refractivity contribution in [2.24, 2.45) is 0 Å². The second-order valence-electron chi connectivity index (χ2n) is 4.61. The summed E-state index contributed by atoms with van der Waals surface area (Å²) >= 11 is 0. The van der Waals surface area contributed by atoms with E-state index in [-0.39, 0.29) is 12.1 Å². The minimum absolute atomic E-state index is 0.222. The van der Waals surface area contributed by atoms with Gasteiger partial charge in [0, 0.05) is 6.04 Å². The van der Waals surface area contributed by atoms with Crippen molar-refractivity contribution in [2.75, 3.05) is 0 Å². The Balaban J connectivity index is 2.46. The van der Waals surface area contributed by atoms with E-state index in [0.717, 1.165) is 19.3 Å². The number of carbonyl (C=O) groups excluding carboxylic acids is 1. The first kappa shape index (κ1) is 12.8. The van der Waals surface area contributed by atoms with Crippen LogP contribution >= 0.6 is 0 Å². The van der Waals surface area contributed by atoms with Gasteiger partial charge in [-0.2, -0.15) is 0 Å². The Hall–Kier alpha value is -1.26. The van der Waals surface area contributed by atoms with Gasteiger partial charge in [-0.1, -0.05) is 13.3 Å². The van der Waals surface area contributed by atoms with Crippen LogP contribution in [-0.4, -0.2) is 28.7 Å².